The Morgan fingerprint density at radius 3 is 2.54 bits per heavy atom. The topological polar surface area (TPSA) is 43.8 Å². The number of hydrogen-bond acceptors (Lipinski definition) is 3. The lowest BCUT2D eigenvalue weighted by Gasteiger charge is -2.43. The standard InChI is InChI=1S/C20H22F2N2O2/c1-14-12-24(10-9-23(14)13-19(25)26)20(15-5-3-2-4-6-15)17-8-7-16(21)11-18(17)22/h2-8,11,14,20H,9-10,12-13H2,1H3,(H,25,26)/t14?,20-/m1/s1. The van der Waals surface area contributed by atoms with Crippen LogP contribution in [0.1, 0.15) is 24.1 Å². The van der Waals surface area contributed by atoms with E-state index in [1.165, 1.54) is 12.1 Å². The molecular formula is C20H22F2N2O2. The molecule has 4 nitrogen and oxygen atoms in total. The number of hydrogen-bond donors (Lipinski definition) is 1. The normalized spacial score (nSPS) is 20.0. The number of carboxylic acid groups (broad SMARTS) is 1. The van der Waals surface area contributed by atoms with E-state index in [4.69, 9.17) is 5.11 Å². The molecule has 0 amide bonds. The number of carboxylic acids is 1. The summed E-state index contributed by atoms with van der Waals surface area (Å²) in [6, 6.07) is 12.9. The van der Waals surface area contributed by atoms with Gasteiger partial charge in [0.2, 0.25) is 0 Å². The third kappa shape index (κ3) is 4.08. The molecule has 2 aromatic rings. The molecule has 26 heavy (non-hydrogen) atoms. The lowest BCUT2D eigenvalue weighted by Crippen LogP contribution is -2.54. The van der Waals surface area contributed by atoms with Gasteiger partial charge in [0.1, 0.15) is 11.6 Å². The molecule has 0 saturated carbocycles. The number of piperazine rings is 1. The fourth-order valence-electron chi connectivity index (χ4n) is 3.61. The Hall–Kier alpha value is -2.31. The summed E-state index contributed by atoms with van der Waals surface area (Å²) in [5.74, 6) is -2.02. The molecule has 2 atom stereocenters. The van der Waals surface area contributed by atoms with Crippen LogP contribution < -0.4 is 0 Å². The van der Waals surface area contributed by atoms with Crippen LogP contribution in [0.25, 0.3) is 0 Å². The summed E-state index contributed by atoms with van der Waals surface area (Å²) in [5, 5.41) is 9.04. The van der Waals surface area contributed by atoms with Gasteiger partial charge in [-0.05, 0) is 18.6 Å². The molecular weight excluding hydrogens is 338 g/mol. The second-order valence-corrected chi connectivity index (χ2v) is 6.69. The van der Waals surface area contributed by atoms with E-state index in [0.717, 1.165) is 11.6 Å². The Labute approximate surface area is 151 Å². The number of benzene rings is 2. The Morgan fingerprint density at radius 2 is 1.92 bits per heavy atom. The van der Waals surface area contributed by atoms with Crippen LogP contribution in [0.15, 0.2) is 48.5 Å². The van der Waals surface area contributed by atoms with Crippen LogP contribution in [0.5, 0.6) is 0 Å². The third-order valence-corrected chi connectivity index (χ3v) is 4.87. The summed E-state index contributed by atoms with van der Waals surface area (Å²) in [5.41, 5.74) is 1.35. The molecule has 0 spiro atoms. The van der Waals surface area contributed by atoms with Gasteiger partial charge in [0.05, 0.1) is 12.6 Å². The minimum atomic E-state index is -0.852. The van der Waals surface area contributed by atoms with Gasteiger partial charge < -0.3 is 5.11 Å². The second kappa shape index (κ2) is 7.93. The average Bonchev–Trinajstić information content (AvgIpc) is 2.60. The maximum Gasteiger partial charge on any atom is 0.317 e. The van der Waals surface area contributed by atoms with E-state index in [0.29, 0.717) is 25.2 Å². The molecule has 2 aromatic carbocycles. The van der Waals surface area contributed by atoms with Crippen LogP contribution >= 0.6 is 0 Å². The molecule has 1 fully saturated rings. The van der Waals surface area contributed by atoms with E-state index in [1.54, 1.807) is 0 Å². The van der Waals surface area contributed by atoms with Gasteiger partial charge in [-0.1, -0.05) is 36.4 Å². The first-order valence-corrected chi connectivity index (χ1v) is 8.65. The first-order chi connectivity index (χ1) is 12.5. The molecule has 1 aliphatic heterocycles. The van der Waals surface area contributed by atoms with Crippen molar-refractivity contribution < 1.29 is 18.7 Å². The number of halogens is 2. The van der Waals surface area contributed by atoms with E-state index in [9.17, 15) is 13.6 Å². The molecule has 1 saturated heterocycles. The highest BCUT2D eigenvalue weighted by Gasteiger charge is 2.32. The first kappa shape index (κ1) is 18.5. The van der Waals surface area contributed by atoms with Gasteiger partial charge in [0.15, 0.2) is 0 Å². The van der Waals surface area contributed by atoms with Crippen molar-refractivity contribution in [3.05, 3.63) is 71.3 Å². The van der Waals surface area contributed by atoms with E-state index in [2.05, 4.69) is 4.90 Å². The van der Waals surface area contributed by atoms with Crippen molar-refractivity contribution in [2.75, 3.05) is 26.2 Å². The second-order valence-electron chi connectivity index (χ2n) is 6.69. The molecule has 0 radical (unpaired) electrons. The monoisotopic (exact) mass is 360 g/mol. The predicted molar refractivity (Wildman–Crippen MR) is 94.9 cm³/mol. The van der Waals surface area contributed by atoms with Gasteiger partial charge in [-0.15, -0.1) is 0 Å². The molecule has 1 N–H and O–H groups in total. The van der Waals surface area contributed by atoms with Crippen LogP contribution in [0.3, 0.4) is 0 Å². The van der Waals surface area contributed by atoms with Crippen molar-refractivity contribution in [1.29, 1.82) is 0 Å². The molecule has 1 heterocycles. The van der Waals surface area contributed by atoms with Gasteiger partial charge in [0, 0.05) is 37.3 Å². The Morgan fingerprint density at radius 1 is 1.19 bits per heavy atom. The van der Waals surface area contributed by atoms with Gasteiger partial charge in [-0.3, -0.25) is 14.6 Å². The highest BCUT2D eigenvalue weighted by Crippen LogP contribution is 2.32. The van der Waals surface area contributed by atoms with Gasteiger partial charge >= 0.3 is 5.97 Å². The number of aliphatic carboxylic acids is 1. The number of rotatable bonds is 5. The average molecular weight is 360 g/mol. The van der Waals surface area contributed by atoms with Gasteiger partial charge in [-0.25, -0.2) is 8.78 Å². The lowest BCUT2D eigenvalue weighted by atomic mass is 9.95. The van der Waals surface area contributed by atoms with Crippen LogP contribution in [-0.4, -0.2) is 53.1 Å². The Balaban J connectivity index is 1.91. The minimum Gasteiger partial charge on any atom is -0.480 e. The van der Waals surface area contributed by atoms with E-state index in [1.807, 2.05) is 42.2 Å². The van der Waals surface area contributed by atoms with Crippen LogP contribution in [0.4, 0.5) is 8.78 Å². The quantitative estimate of drug-likeness (QED) is 0.890. The summed E-state index contributed by atoms with van der Waals surface area (Å²) in [7, 11) is 0. The van der Waals surface area contributed by atoms with Crippen molar-refractivity contribution in [2.24, 2.45) is 0 Å². The van der Waals surface area contributed by atoms with E-state index >= 15 is 0 Å². The summed E-state index contributed by atoms with van der Waals surface area (Å²) < 4.78 is 27.9. The minimum absolute atomic E-state index is 0.00405. The molecule has 138 valence electrons. The summed E-state index contributed by atoms with van der Waals surface area (Å²) in [6.07, 6.45) is 0. The lowest BCUT2D eigenvalue weighted by molar-refractivity contribution is -0.139. The highest BCUT2D eigenvalue weighted by atomic mass is 19.1. The zero-order chi connectivity index (χ0) is 18.7. The van der Waals surface area contributed by atoms with Gasteiger partial charge in [-0.2, -0.15) is 0 Å². The number of carbonyl (C=O) groups is 1. The predicted octanol–water partition coefficient (Wildman–Crippen LogP) is 3.14. The van der Waals surface area contributed by atoms with Crippen molar-refractivity contribution in [3.63, 3.8) is 0 Å². The molecule has 1 unspecified atom stereocenters. The highest BCUT2D eigenvalue weighted by molar-refractivity contribution is 5.69. The SMILES string of the molecule is CC1CN([C@H](c2ccccc2)c2ccc(F)cc2F)CCN1CC(=O)O. The maximum atomic E-state index is 14.5. The smallest absolute Gasteiger partial charge is 0.317 e. The fourth-order valence-corrected chi connectivity index (χ4v) is 3.61. The Kier molecular flexibility index (Phi) is 5.64. The summed E-state index contributed by atoms with van der Waals surface area (Å²) in [4.78, 5) is 15.0. The first-order valence-electron chi connectivity index (χ1n) is 8.65. The van der Waals surface area contributed by atoms with E-state index in [-0.39, 0.29) is 18.6 Å². The zero-order valence-corrected chi connectivity index (χ0v) is 14.6. The van der Waals surface area contributed by atoms with Crippen LogP contribution in [-0.2, 0) is 4.79 Å². The Bertz CT molecular complexity index is 770. The molecule has 0 bridgehead atoms. The van der Waals surface area contributed by atoms with Crippen molar-refractivity contribution in [3.8, 4) is 0 Å². The largest absolute Gasteiger partial charge is 0.480 e. The summed E-state index contributed by atoms with van der Waals surface area (Å²) in [6.45, 7) is 3.76. The molecule has 0 aliphatic carbocycles. The van der Waals surface area contributed by atoms with Gasteiger partial charge in [0.25, 0.3) is 0 Å². The molecule has 3 rings (SSSR count). The zero-order valence-electron chi connectivity index (χ0n) is 14.6. The van der Waals surface area contributed by atoms with Crippen LogP contribution in [0, 0.1) is 11.6 Å². The van der Waals surface area contributed by atoms with E-state index < -0.39 is 17.6 Å². The molecule has 0 aromatic heterocycles. The third-order valence-electron chi connectivity index (χ3n) is 4.87. The number of nitrogens with zero attached hydrogens (tertiary/aromatic N) is 2. The summed E-state index contributed by atoms with van der Waals surface area (Å²) >= 11 is 0. The fraction of sp³-hybridized carbons (Fsp3) is 0.350. The molecule has 1 aliphatic rings. The maximum absolute atomic E-state index is 14.5. The van der Waals surface area contributed by atoms with Crippen LogP contribution in [0.2, 0.25) is 0 Å². The van der Waals surface area contributed by atoms with Crippen molar-refractivity contribution >= 4 is 5.97 Å². The molecule has 6 heteroatoms. The van der Waals surface area contributed by atoms with Crippen molar-refractivity contribution in [1.82, 2.24) is 9.80 Å². The van der Waals surface area contributed by atoms with Crippen molar-refractivity contribution in [2.45, 2.75) is 19.0 Å².